The highest BCUT2D eigenvalue weighted by Crippen LogP contribution is 2.31. The predicted octanol–water partition coefficient (Wildman–Crippen LogP) is 2.90. The summed E-state index contributed by atoms with van der Waals surface area (Å²) in [4.78, 5) is 14.1. The van der Waals surface area contributed by atoms with Gasteiger partial charge in [-0.05, 0) is 35.9 Å². The van der Waals surface area contributed by atoms with Crippen LogP contribution >= 0.6 is 11.6 Å². The number of sulfonamides is 1. The third-order valence-electron chi connectivity index (χ3n) is 4.81. The van der Waals surface area contributed by atoms with Crippen molar-refractivity contribution < 1.29 is 22.7 Å². The Hall–Kier alpha value is -2.55. The van der Waals surface area contributed by atoms with Crippen molar-refractivity contribution in [3.63, 3.8) is 0 Å². The number of benzene rings is 2. The molecule has 7 nitrogen and oxygen atoms in total. The van der Waals surface area contributed by atoms with Crippen LogP contribution in [0.15, 0.2) is 53.4 Å². The minimum absolute atomic E-state index is 0.0463. The Morgan fingerprint density at radius 1 is 1.03 bits per heavy atom. The van der Waals surface area contributed by atoms with Crippen molar-refractivity contribution in [2.24, 2.45) is 0 Å². The number of piperazine rings is 1. The zero-order valence-corrected chi connectivity index (χ0v) is 18.3. The van der Waals surface area contributed by atoms with Crippen LogP contribution in [0.4, 0.5) is 0 Å². The van der Waals surface area contributed by atoms with Gasteiger partial charge in [0, 0.05) is 43.3 Å². The average molecular weight is 451 g/mol. The molecular weight excluding hydrogens is 428 g/mol. The molecule has 0 aliphatic carbocycles. The molecule has 0 radical (unpaired) electrons. The first-order valence-electron chi connectivity index (χ1n) is 9.30. The number of ether oxygens (including phenoxy) is 2. The molecule has 0 aromatic heterocycles. The summed E-state index contributed by atoms with van der Waals surface area (Å²) in [5.74, 6) is 0.499. The number of hydrogen-bond acceptors (Lipinski definition) is 5. The summed E-state index contributed by atoms with van der Waals surface area (Å²) in [6, 6.07) is 11.8. The lowest BCUT2D eigenvalue weighted by molar-refractivity contribution is -0.127. The number of carbonyl (C=O) groups is 1. The van der Waals surface area contributed by atoms with Crippen molar-refractivity contribution in [3.05, 3.63) is 59.1 Å². The Balaban J connectivity index is 1.68. The number of halogens is 1. The first kappa shape index (κ1) is 22.1. The van der Waals surface area contributed by atoms with E-state index in [0.29, 0.717) is 23.9 Å². The second-order valence-corrected chi connectivity index (χ2v) is 8.98. The quantitative estimate of drug-likeness (QED) is 0.632. The van der Waals surface area contributed by atoms with Crippen LogP contribution in [-0.2, 0) is 14.8 Å². The zero-order valence-electron chi connectivity index (χ0n) is 16.7. The molecule has 30 heavy (non-hydrogen) atoms. The van der Waals surface area contributed by atoms with Crippen molar-refractivity contribution in [1.82, 2.24) is 9.21 Å². The molecule has 1 aliphatic heterocycles. The molecule has 1 amide bonds. The van der Waals surface area contributed by atoms with E-state index in [2.05, 4.69) is 0 Å². The molecule has 2 aromatic carbocycles. The molecule has 0 atom stereocenters. The average Bonchev–Trinajstić information content (AvgIpc) is 2.77. The van der Waals surface area contributed by atoms with E-state index in [1.54, 1.807) is 35.2 Å². The number of carbonyl (C=O) groups excluding carboxylic acids is 1. The summed E-state index contributed by atoms with van der Waals surface area (Å²) in [5.41, 5.74) is 0.821. The fraction of sp³-hybridized carbons (Fsp3) is 0.286. The van der Waals surface area contributed by atoms with Crippen LogP contribution in [0.5, 0.6) is 11.5 Å². The van der Waals surface area contributed by atoms with Crippen LogP contribution in [-0.4, -0.2) is 63.9 Å². The number of rotatable bonds is 6. The van der Waals surface area contributed by atoms with E-state index in [4.69, 9.17) is 21.1 Å². The van der Waals surface area contributed by atoms with Gasteiger partial charge in [-0.1, -0.05) is 23.7 Å². The molecule has 1 fully saturated rings. The molecule has 0 saturated carbocycles. The Morgan fingerprint density at radius 2 is 1.77 bits per heavy atom. The van der Waals surface area contributed by atoms with Gasteiger partial charge in [-0.15, -0.1) is 0 Å². The lowest BCUT2D eigenvalue weighted by Crippen LogP contribution is -2.50. The van der Waals surface area contributed by atoms with Crippen LogP contribution in [0.3, 0.4) is 0 Å². The zero-order chi connectivity index (χ0) is 21.7. The van der Waals surface area contributed by atoms with Gasteiger partial charge >= 0.3 is 0 Å². The smallest absolute Gasteiger partial charge is 0.247 e. The van der Waals surface area contributed by atoms with E-state index in [1.165, 1.54) is 30.7 Å². The number of methoxy groups -OCH3 is 2. The Bertz CT molecular complexity index is 1050. The second-order valence-electron chi connectivity index (χ2n) is 6.63. The summed E-state index contributed by atoms with van der Waals surface area (Å²) in [7, 11) is -0.897. The van der Waals surface area contributed by atoms with E-state index in [0.717, 1.165) is 5.56 Å². The molecule has 0 N–H and O–H groups in total. The Kier molecular flexibility index (Phi) is 7.02. The fourth-order valence-electron chi connectivity index (χ4n) is 3.16. The predicted molar refractivity (Wildman–Crippen MR) is 115 cm³/mol. The number of nitrogens with zero attached hydrogens (tertiary/aromatic N) is 2. The van der Waals surface area contributed by atoms with E-state index >= 15 is 0 Å². The van der Waals surface area contributed by atoms with Crippen molar-refractivity contribution in [2.75, 3.05) is 40.4 Å². The monoisotopic (exact) mass is 450 g/mol. The van der Waals surface area contributed by atoms with E-state index < -0.39 is 10.0 Å². The van der Waals surface area contributed by atoms with Gasteiger partial charge in [0.1, 0.15) is 16.4 Å². The lowest BCUT2D eigenvalue weighted by atomic mass is 10.2. The molecule has 3 rings (SSSR count). The Morgan fingerprint density at radius 3 is 2.40 bits per heavy atom. The van der Waals surface area contributed by atoms with Crippen molar-refractivity contribution >= 4 is 33.6 Å². The van der Waals surface area contributed by atoms with Crippen molar-refractivity contribution in [3.8, 4) is 11.5 Å². The maximum atomic E-state index is 13.1. The molecule has 1 saturated heterocycles. The standard InChI is InChI=1S/C21H23ClN2O5S/c1-28-18-7-8-19(29-2)20(15-18)30(26,27)24-12-10-23(11-13-24)21(25)9-6-16-4-3-5-17(22)14-16/h3-9,14-15H,10-13H2,1-2H3/b9-6+. The van der Waals surface area contributed by atoms with Gasteiger partial charge in [-0.2, -0.15) is 4.31 Å². The normalized spacial score (nSPS) is 15.4. The molecule has 0 spiro atoms. The SMILES string of the molecule is COc1ccc(OC)c(S(=O)(=O)N2CCN(C(=O)/C=C/c3cccc(Cl)c3)CC2)c1. The highest BCUT2D eigenvalue weighted by Gasteiger charge is 2.32. The topological polar surface area (TPSA) is 76.2 Å². The van der Waals surface area contributed by atoms with Gasteiger partial charge in [0.2, 0.25) is 15.9 Å². The molecule has 0 unspecified atom stereocenters. The molecule has 9 heteroatoms. The van der Waals surface area contributed by atoms with E-state index in [9.17, 15) is 13.2 Å². The largest absolute Gasteiger partial charge is 0.497 e. The second kappa shape index (κ2) is 9.51. The van der Waals surface area contributed by atoms with Gasteiger partial charge in [-0.25, -0.2) is 8.42 Å². The van der Waals surface area contributed by atoms with Crippen LogP contribution < -0.4 is 9.47 Å². The minimum atomic E-state index is -3.79. The van der Waals surface area contributed by atoms with Crippen LogP contribution in [0.2, 0.25) is 5.02 Å². The summed E-state index contributed by atoms with van der Waals surface area (Å²) >= 11 is 5.95. The van der Waals surface area contributed by atoms with Crippen LogP contribution in [0, 0.1) is 0 Å². The molecule has 1 heterocycles. The summed E-state index contributed by atoms with van der Waals surface area (Å²) < 4.78 is 38.0. The maximum Gasteiger partial charge on any atom is 0.247 e. The van der Waals surface area contributed by atoms with Crippen molar-refractivity contribution in [1.29, 1.82) is 0 Å². The van der Waals surface area contributed by atoms with Crippen molar-refractivity contribution in [2.45, 2.75) is 4.90 Å². The minimum Gasteiger partial charge on any atom is -0.497 e. The molecule has 1 aliphatic rings. The van der Waals surface area contributed by atoms with Gasteiger partial charge in [0.25, 0.3) is 0 Å². The maximum absolute atomic E-state index is 13.1. The number of amides is 1. The lowest BCUT2D eigenvalue weighted by Gasteiger charge is -2.33. The molecule has 160 valence electrons. The van der Waals surface area contributed by atoms with Crippen LogP contribution in [0.1, 0.15) is 5.56 Å². The van der Waals surface area contributed by atoms with Gasteiger partial charge in [-0.3, -0.25) is 4.79 Å². The summed E-state index contributed by atoms with van der Waals surface area (Å²) in [6.07, 6.45) is 3.17. The molecular formula is C21H23ClN2O5S. The van der Waals surface area contributed by atoms with Gasteiger partial charge in [0.15, 0.2) is 0 Å². The van der Waals surface area contributed by atoms with Crippen LogP contribution in [0.25, 0.3) is 6.08 Å². The van der Waals surface area contributed by atoms with E-state index in [1.807, 2.05) is 12.1 Å². The summed E-state index contributed by atoms with van der Waals surface area (Å²) in [5, 5.41) is 0.594. The Labute approximate surface area is 181 Å². The molecule has 0 bridgehead atoms. The molecule has 2 aromatic rings. The fourth-order valence-corrected chi connectivity index (χ4v) is 4.95. The first-order valence-corrected chi connectivity index (χ1v) is 11.1. The third-order valence-corrected chi connectivity index (χ3v) is 6.96. The first-order chi connectivity index (χ1) is 14.3. The summed E-state index contributed by atoms with van der Waals surface area (Å²) in [6.45, 7) is 0.980. The highest BCUT2D eigenvalue weighted by atomic mass is 35.5. The highest BCUT2D eigenvalue weighted by molar-refractivity contribution is 7.89. The number of hydrogen-bond donors (Lipinski definition) is 0. The third kappa shape index (κ3) is 4.95. The van der Waals surface area contributed by atoms with Gasteiger partial charge < -0.3 is 14.4 Å². The van der Waals surface area contributed by atoms with E-state index in [-0.39, 0.29) is 29.6 Å². The van der Waals surface area contributed by atoms with Gasteiger partial charge in [0.05, 0.1) is 14.2 Å².